The summed E-state index contributed by atoms with van der Waals surface area (Å²) >= 11 is 0. The molecule has 0 spiro atoms. The first-order valence-electron chi connectivity index (χ1n) is 4.91. The molecule has 0 aliphatic rings. The first-order chi connectivity index (χ1) is 8.31. The summed E-state index contributed by atoms with van der Waals surface area (Å²) < 4.78 is 5.03. The molecule has 17 heavy (non-hydrogen) atoms. The molecule has 0 radical (unpaired) electrons. The smallest absolute Gasteiger partial charge is 0.456 e. The molecule has 1 heterocycles. The van der Waals surface area contributed by atoms with Crippen molar-refractivity contribution in [3.8, 4) is 0 Å². The minimum atomic E-state index is -0.612. The molecule has 0 aliphatic carbocycles. The fourth-order valence-electron chi connectivity index (χ4n) is 1.31. The van der Waals surface area contributed by atoms with E-state index in [2.05, 4.69) is 14.9 Å². The topological polar surface area (TPSA) is 83.1 Å². The molecule has 0 saturated carbocycles. The van der Waals surface area contributed by atoms with Gasteiger partial charge in [-0.2, -0.15) is 0 Å². The minimum Gasteiger partial charge on any atom is -0.456 e. The van der Waals surface area contributed by atoms with Crippen LogP contribution >= 0.6 is 0 Å². The van der Waals surface area contributed by atoms with Gasteiger partial charge in [-0.15, -0.1) is 0 Å². The SMILES string of the molecule is N#[N+]c1nc[nH]c1C(=O)OCc1ccccc1. The summed E-state index contributed by atoms with van der Waals surface area (Å²) in [6, 6.07) is 9.28. The summed E-state index contributed by atoms with van der Waals surface area (Å²) in [5.41, 5.74) is 0.909. The van der Waals surface area contributed by atoms with Gasteiger partial charge in [-0.3, -0.25) is 0 Å². The maximum absolute atomic E-state index is 11.6. The molecule has 6 heteroatoms. The number of carbonyl (C=O) groups excluding carboxylic acids is 1. The predicted octanol–water partition coefficient (Wildman–Crippen LogP) is 2.25. The van der Waals surface area contributed by atoms with Crippen molar-refractivity contribution in [1.82, 2.24) is 9.97 Å². The highest BCUT2D eigenvalue weighted by Gasteiger charge is 2.25. The lowest BCUT2D eigenvalue weighted by molar-refractivity contribution is 0.0468. The summed E-state index contributed by atoms with van der Waals surface area (Å²) in [7, 11) is 0. The molecule has 0 amide bonds. The molecule has 2 aromatic rings. The van der Waals surface area contributed by atoms with Gasteiger partial charge in [0.15, 0.2) is 0 Å². The third kappa shape index (κ3) is 2.46. The Labute approximate surface area is 96.9 Å². The van der Waals surface area contributed by atoms with E-state index < -0.39 is 5.97 Å². The predicted molar refractivity (Wildman–Crippen MR) is 58.9 cm³/mol. The maximum Gasteiger partial charge on any atom is 0.497 e. The van der Waals surface area contributed by atoms with E-state index in [4.69, 9.17) is 10.1 Å². The zero-order chi connectivity index (χ0) is 12.1. The van der Waals surface area contributed by atoms with Crippen molar-refractivity contribution < 1.29 is 9.53 Å². The van der Waals surface area contributed by atoms with Crippen LogP contribution in [0, 0.1) is 5.39 Å². The molecule has 0 unspecified atom stereocenters. The van der Waals surface area contributed by atoms with Crippen molar-refractivity contribution in [2.45, 2.75) is 6.61 Å². The molecule has 0 saturated heterocycles. The summed E-state index contributed by atoms with van der Waals surface area (Å²) in [5, 5.41) is 8.58. The van der Waals surface area contributed by atoms with Gasteiger partial charge in [-0.1, -0.05) is 30.3 Å². The Hall–Kier alpha value is -2.68. The number of benzene rings is 1. The number of esters is 1. The molecule has 0 aliphatic heterocycles. The van der Waals surface area contributed by atoms with E-state index in [1.807, 2.05) is 30.3 Å². The van der Waals surface area contributed by atoms with Crippen LogP contribution in [0.3, 0.4) is 0 Å². The van der Waals surface area contributed by atoms with Crippen LogP contribution in [-0.4, -0.2) is 15.9 Å². The number of hydrogen-bond donors (Lipinski definition) is 1. The Morgan fingerprint density at radius 3 is 2.88 bits per heavy atom. The van der Waals surface area contributed by atoms with E-state index in [0.717, 1.165) is 5.56 Å². The number of ether oxygens (including phenoxy) is 1. The van der Waals surface area contributed by atoms with Crippen LogP contribution in [0.15, 0.2) is 36.7 Å². The number of nitrogens with zero attached hydrogens (tertiary/aromatic N) is 3. The Kier molecular flexibility index (Phi) is 3.12. The Morgan fingerprint density at radius 2 is 2.18 bits per heavy atom. The number of aromatic nitrogens is 2. The lowest BCUT2D eigenvalue weighted by Gasteiger charge is -2.01. The number of H-pyrrole nitrogens is 1. The zero-order valence-corrected chi connectivity index (χ0v) is 8.83. The van der Waals surface area contributed by atoms with Crippen LogP contribution in [0.1, 0.15) is 16.1 Å². The van der Waals surface area contributed by atoms with Gasteiger partial charge in [-0.05, 0) is 10.5 Å². The van der Waals surface area contributed by atoms with Crippen LogP contribution in [0.25, 0.3) is 4.98 Å². The summed E-state index contributed by atoms with van der Waals surface area (Å²) in [6.07, 6.45) is 1.26. The van der Waals surface area contributed by atoms with E-state index >= 15 is 0 Å². The number of nitrogens with one attached hydrogen (secondary N) is 1. The van der Waals surface area contributed by atoms with Gasteiger partial charge in [-0.25, -0.2) is 4.79 Å². The second-order valence-corrected chi connectivity index (χ2v) is 3.26. The second-order valence-electron chi connectivity index (χ2n) is 3.26. The summed E-state index contributed by atoms with van der Waals surface area (Å²) in [4.78, 5) is 20.6. The largest absolute Gasteiger partial charge is 0.497 e. The lowest BCUT2D eigenvalue weighted by atomic mass is 10.2. The lowest BCUT2D eigenvalue weighted by Crippen LogP contribution is -2.05. The quantitative estimate of drug-likeness (QED) is 0.646. The number of carbonyl (C=O) groups is 1. The molecular weight excluding hydrogens is 220 g/mol. The third-order valence-electron chi connectivity index (χ3n) is 2.13. The molecule has 0 bridgehead atoms. The minimum absolute atomic E-state index is 0.0310. The number of hydrogen-bond acceptors (Lipinski definition) is 4. The first-order valence-corrected chi connectivity index (χ1v) is 4.91. The first kappa shape index (κ1) is 10.8. The van der Waals surface area contributed by atoms with Crippen molar-refractivity contribution in [1.29, 1.82) is 5.39 Å². The molecule has 0 atom stereocenters. The van der Waals surface area contributed by atoms with Crippen molar-refractivity contribution in [3.05, 3.63) is 52.9 Å². The third-order valence-corrected chi connectivity index (χ3v) is 2.13. The van der Waals surface area contributed by atoms with Crippen LogP contribution in [0.5, 0.6) is 0 Å². The normalized spacial score (nSPS) is 9.59. The van der Waals surface area contributed by atoms with Gasteiger partial charge in [0.2, 0.25) is 12.0 Å². The van der Waals surface area contributed by atoms with Crippen LogP contribution in [0.4, 0.5) is 5.82 Å². The van der Waals surface area contributed by atoms with Crippen LogP contribution in [0.2, 0.25) is 0 Å². The van der Waals surface area contributed by atoms with E-state index in [9.17, 15) is 4.79 Å². The molecule has 1 N–H and O–H groups in total. The van der Waals surface area contributed by atoms with Gasteiger partial charge in [0.1, 0.15) is 6.61 Å². The van der Waals surface area contributed by atoms with Crippen molar-refractivity contribution in [3.63, 3.8) is 0 Å². The molecule has 0 fully saturated rings. The van der Waals surface area contributed by atoms with E-state index in [1.165, 1.54) is 6.33 Å². The number of aromatic amines is 1. The highest BCUT2D eigenvalue weighted by molar-refractivity contribution is 5.92. The number of diazo groups is 1. The summed E-state index contributed by atoms with van der Waals surface area (Å²) in [5.74, 6) is -0.692. The average Bonchev–Trinajstić information content (AvgIpc) is 2.85. The molecule has 1 aromatic heterocycles. The standard InChI is InChI=1S/C11H8N4O2/c12-15-10-9(13-7-14-10)11(16)17-6-8-4-2-1-3-5-8/h1-5,7H,6H2/p+1. The van der Waals surface area contributed by atoms with Gasteiger partial charge < -0.3 is 9.72 Å². The van der Waals surface area contributed by atoms with E-state index in [-0.39, 0.29) is 18.1 Å². The Bertz CT molecular complexity index is 556. The second kappa shape index (κ2) is 4.90. The molecule has 6 nitrogen and oxygen atoms in total. The van der Waals surface area contributed by atoms with Gasteiger partial charge in [0, 0.05) is 4.98 Å². The molecule has 1 aromatic carbocycles. The number of imidazole rings is 1. The van der Waals surface area contributed by atoms with Gasteiger partial charge >= 0.3 is 11.8 Å². The monoisotopic (exact) mass is 229 g/mol. The number of rotatable bonds is 3. The van der Waals surface area contributed by atoms with Gasteiger partial charge in [0.25, 0.3) is 0 Å². The van der Waals surface area contributed by atoms with Crippen molar-refractivity contribution >= 4 is 11.8 Å². The summed E-state index contributed by atoms with van der Waals surface area (Å²) in [6.45, 7) is 0.156. The van der Waals surface area contributed by atoms with Crippen molar-refractivity contribution in [2.75, 3.05) is 0 Å². The fourth-order valence-corrected chi connectivity index (χ4v) is 1.31. The van der Waals surface area contributed by atoms with E-state index in [0.29, 0.717) is 0 Å². The highest BCUT2D eigenvalue weighted by atomic mass is 16.5. The maximum atomic E-state index is 11.6. The highest BCUT2D eigenvalue weighted by Crippen LogP contribution is 2.14. The Balaban J connectivity index is 2.02. The fraction of sp³-hybridized carbons (Fsp3) is 0.0909. The molecule has 84 valence electrons. The van der Waals surface area contributed by atoms with Gasteiger partial charge in [0.05, 0.1) is 5.39 Å². The average molecular weight is 229 g/mol. The molecule has 2 rings (SSSR count). The van der Waals surface area contributed by atoms with Crippen molar-refractivity contribution in [2.24, 2.45) is 0 Å². The Morgan fingerprint density at radius 1 is 1.41 bits per heavy atom. The molecular formula is C11H9N4O2+. The van der Waals surface area contributed by atoms with Crippen LogP contribution in [-0.2, 0) is 11.3 Å². The van der Waals surface area contributed by atoms with Crippen LogP contribution < -0.4 is 0 Å². The van der Waals surface area contributed by atoms with E-state index in [1.54, 1.807) is 0 Å². The zero-order valence-electron chi connectivity index (χ0n) is 8.83.